The predicted molar refractivity (Wildman–Crippen MR) is 61.9 cm³/mol. The Morgan fingerprint density at radius 2 is 1.85 bits per heavy atom. The molecule has 0 bridgehead atoms. The van der Waals surface area contributed by atoms with Crippen molar-refractivity contribution in [1.29, 1.82) is 0 Å². The summed E-state index contributed by atoms with van der Waals surface area (Å²) >= 11 is 0. The van der Waals surface area contributed by atoms with Crippen LogP contribution < -0.4 is 0 Å². The number of benzene rings is 1. The van der Waals surface area contributed by atoms with E-state index in [9.17, 15) is 0 Å². The second kappa shape index (κ2) is 2.84. The van der Waals surface area contributed by atoms with Gasteiger partial charge in [0.05, 0.1) is 0 Å². The Labute approximate surface area is 82.5 Å². The fourth-order valence-corrected chi connectivity index (χ4v) is 3.78. The van der Waals surface area contributed by atoms with E-state index in [-0.39, 0.29) is 9.52 Å². The minimum atomic E-state index is -0.0165. The molecule has 0 aromatic heterocycles. The largest absolute Gasteiger partial charge is 0.0778 e. The standard InChI is InChI=1S/C12H16Si/c1-12(2)10-7-5-4-6-9(10)8-11(12)13-3/h4-8H,13H2,1-3H3. The number of allylic oxidation sites excluding steroid dienone is 1. The first-order chi connectivity index (χ1) is 6.16. The van der Waals surface area contributed by atoms with Gasteiger partial charge >= 0.3 is 0 Å². The zero-order valence-corrected chi connectivity index (χ0v) is 10.0. The Balaban J connectivity index is 2.58. The Morgan fingerprint density at radius 1 is 1.15 bits per heavy atom. The van der Waals surface area contributed by atoms with Crippen molar-refractivity contribution in [3.63, 3.8) is 0 Å². The topological polar surface area (TPSA) is 0 Å². The molecule has 0 fully saturated rings. The molecule has 0 spiro atoms. The molecule has 1 aromatic carbocycles. The van der Waals surface area contributed by atoms with Gasteiger partial charge in [0.2, 0.25) is 0 Å². The van der Waals surface area contributed by atoms with Crippen LogP contribution in [0.5, 0.6) is 0 Å². The van der Waals surface area contributed by atoms with E-state index < -0.39 is 0 Å². The van der Waals surface area contributed by atoms with Crippen LogP contribution in [0.3, 0.4) is 0 Å². The van der Waals surface area contributed by atoms with Crippen LogP contribution in [0, 0.1) is 0 Å². The van der Waals surface area contributed by atoms with Crippen LogP contribution in [-0.4, -0.2) is 9.52 Å². The van der Waals surface area contributed by atoms with Gasteiger partial charge in [-0.05, 0) is 11.1 Å². The van der Waals surface area contributed by atoms with Crippen LogP contribution in [0.25, 0.3) is 6.08 Å². The Hall–Kier alpha value is -0.823. The molecule has 1 aromatic rings. The summed E-state index contributed by atoms with van der Waals surface area (Å²) in [6.45, 7) is 7.07. The lowest BCUT2D eigenvalue weighted by Crippen LogP contribution is -2.19. The van der Waals surface area contributed by atoms with Gasteiger partial charge < -0.3 is 0 Å². The molecular weight excluding hydrogens is 172 g/mol. The molecule has 0 N–H and O–H groups in total. The number of rotatable bonds is 1. The maximum atomic E-state index is 2.40. The third-order valence-electron chi connectivity index (χ3n) is 3.15. The third-order valence-corrected chi connectivity index (χ3v) is 5.00. The highest BCUT2D eigenvalue weighted by atomic mass is 28.2. The number of fused-ring (bicyclic) bond motifs is 1. The van der Waals surface area contributed by atoms with Crippen molar-refractivity contribution in [2.24, 2.45) is 0 Å². The average molecular weight is 188 g/mol. The fraction of sp³-hybridized carbons (Fsp3) is 0.333. The smallest absolute Gasteiger partial charge is 0.0476 e. The quantitative estimate of drug-likeness (QED) is 0.594. The number of hydrogen-bond donors (Lipinski definition) is 0. The average Bonchev–Trinajstić information content (AvgIpc) is 2.39. The monoisotopic (exact) mass is 188 g/mol. The summed E-state index contributed by atoms with van der Waals surface area (Å²) < 4.78 is 0. The van der Waals surface area contributed by atoms with E-state index in [1.54, 1.807) is 5.20 Å². The second-order valence-corrected chi connectivity index (χ2v) is 5.70. The first kappa shape index (κ1) is 8.76. The van der Waals surface area contributed by atoms with E-state index in [0.717, 1.165) is 0 Å². The Bertz CT molecular complexity index is 361. The molecule has 13 heavy (non-hydrogen) atoms. The summed E-state index contributed by atoms with van der Waals surface area (Å²) in [4.78, 5) is 0. The van der Waals surface area contributed by atoms with E-state index in [1.807, 2.05) is 0 Å². The van der Waals surface area contributed by atoms with E-state index in [4.69, 9.17) is 0 Å². The Kier molecular flexibility index (Phi) is 1.92. The summed E-state index contributed by atoms with van der Waals surface area (Å²) in [5.74, 6) is 0. The van der Waals surface area contributed by atoms with Gasteiger partial charge in [-0.15, -0.1) is 0 Å². The van der Waals surface area contributed by atoms with Gasteiger partial charge in [0.25, 0.3) is 0 Å². The number of hydrogen-bond acceptors (Lipinski definition) is 0. The minimum Gasteiger partial charge on any atom is -0.0778 e. The molecule has 68 valence electrons. The van der Waals surface area contributed by atoms with E-state index in [2.05, 4.69) is 50.7 Å². The SMILES string of the molecule is C[SiH2]C1=Cc2ccccc2C1(C)C. The van der Waals surface area contributed by atoms with Gasteiger partial charge in [0.15, 0.2) is 0 Å². The van der Waals surface area contributed by atoms with Gasteiger partial charge in [-0.25, -0.2) is 0 Å². The normalized spacial score (nSPS) is 19.2. The molecule has 0 unspecified atom stereocenters. The van der Waals surface area contributed by atoms with Crippen LogP contribution in [-0.2, 0) is 5.41 Å². The molecule has 1 aliphatic rings. The van der Waals surface area contributed by atoms with Crippen LogP contribution >= 0.6 is 0 Å². The highest BCUT2D eigenvalue weighted by Gasteiger charge is 2.30. The highest BCUT2D eigenvalue weighted by molar-refractivity contribution is 6.46. The summed E-state index contributed by atoms with van der Waals surface area (Å²) in [7, 11) is -0.0165. The molecule has 0 aliphatic heterocycles. The summed E-state index contributed by atoms with van der Waals surface area (Å²) in [5, 5.41) is 1.69. The first-order valence-corrected chi connectivity index (χ1v) is 7.09. The van der Waals surface area contributed by atoms with Crippen LogP contribution in [0.4, 0.5) is 0 Å². The molecule has 2 rings (SSSR count). The van der Waals surface area contributed by atoms with E-state index in [1.165, 1.54) is 11.1 Å². The summed E-state index contributed by atoms with van der Waals surface area (Å²) in [6.07, 6.45) is 2.40. The van der Waals surface area contributed by atoms with Crippen LogP contribution in [0.1, 0.15) is 25.0 Å². The van der Waals surface area contributed by atoms with Gasteiger partial charge in [-0.2, -0.15) is 0 Å². The Morgan fingerprint density at radius 3 is 2.46 bits per heavy atom. The molecule has 0 amide bonds. The molecule has 1 aliphatic carbocycles. The van der Waals surface area contributed by atoms with Crippen molar-refractivity contribution in [2.45, 2.75) is 25.8 Å². The predicted octanol–water partition coefficient (Wildman–Crippen LogP) is 2.54. The molecule has 0 nitrogen and oxygen atoms in total. The second-order valence-electron chi connectivity index (χ2n) is 4.24. The summed E-state index contributed by atoms with van der Waals surface area (Å²) in [6, 6.07) is 8.77. The van der Waals surface area contributed by atoms with Crippen molar-refractivity contribution >= 4 is 15.6 Å². The van der Waals surface area contributed by atoms with Crippen molar-refractivity contribution in [3.05, 3.63) is 40.6 Å². The van der Waals surface area contributed by atoms with Crippen molar-refractivity contribution in [1.82, 2.24) is 0 Å². The van der Waals surface area contributed by atoms with Crippen molar-refractivity contribution in [3.8, 4) is 0 Å². The van der Waals surface area contributed by atoms with Crippen molar-refractivity contribution < 1.29 is 0 Å². The first-order valence-electron chi connectivity index (χ1n) is 4.97. The van der Waals surface area contributed by atoms with Gasteiger partial charge in [-0.1, -0.05) is 55.9 Å². The zero-order chi connectivity index (χ0) is 9.47. The van der Waals surface area contributed by atoms with Gasteiger partial charge in [0.1, 0.15) is 0 Å². The molecule has 0 saturated carbocycles. The molecule has 0 heterocycles. The van der Waals surface area contributed by atoms with Gasteiger partial charge in [-0.3, -0.25) is 0 Å². The molecule has 0 atom stereocenters. The van der Waals surface area contributed by atoms with Crippen LogP contribution in [0.2, 0.25) is 6.55 Å². The molecule has 0 radical (unpaired) electrons. The third kappa shape index (κ3) is 1.19. The lowest BCUT2D eigenvalue weighted by molar-refractivity contribution is 0.668. The molecule has 1 heteroatoms. The fourth-order valence-electron chi connectivity index (χ4n) is 2.28. The van der Waals surface area contributed by atoms with Crippen molar-refractivity contribution in [2.75, 3.05) is 0 Å². The zero-order valence-electron chi connectivity index (χ0n) is 8.59. The highest BCUT2D eigenvalue weighted by Crippen LogP contribution is 2.40. The van der Waals surface area contributed by atoms with E-state index >= 15 is 0 Å². The minimum absolute atomic E-state index is 0.0165. The lowest BCUT2D eigenvalue weighted by Gasteiger charge is -2.23. The molecule has 0 saturated heterocycles. The molecular formula is C12H16Si. The maximum Gasteiger partial charge on any atom is 0.0476 e. The van der Waals surface area contributed by atoms with Gasteiger partial charge in [0, 0.05) is 14.9 Å². The maximum absolute atomic E-state index is 2.40. The lowest BCUT2D eigenvalue weighted by atomic mass is 9.87. The summed E-state index contributed by atoms with van der Waals surface area (Å²) in [5.41, 5.74) is 3.27. The van der Waals surface area contributed by atoms with E-state index in [0.29, 0.717) is 5.41 Å². The van der Waals surface area contributed by atoms with Crippen LogP contribution in [0.15, 0.2) is 29.5 Å².